The maximum atomic E-state index is 12.8. The summed E-state index contributed by atoms with van der Waals surface area (Å²) in [5, 5.41) is 0.761. The van der Waals surface area contributed by atoms with Crippen molar-refractivity contribution in [3.8, 4) is 11.4 Å². The van der Waals surface area contributed by atoms with E-state index in [4.69, 9.17) is 11.6 Å². The number of aromatic nitrogens is 3. The van der Waals surface area contributed by atoms with E-state index in [2.05, 4.69) is 15.0 Å². The highest BCUT2D eigenvalue weighted by Crippen LogP contribution is 2.32. The molecule has 26 heavy (non-hydrogen) atoms. The SMILES string of the molecule is O=C(c1cnc(-c2ccncc2)nc1)N1CC[C@H](c2ccccc2Cl)C1. The lowest BCUT2D eigenvalue weighted by molar-refractivity contribution is 0.0790. The zero-order chi connectivity index (χ0) is 17.9. The largest absolute Gasteiger partial charge is 0.338 e. The van der Waals surface area contributed by atoms with E-state index < -0.39 is 0 Å². The molecule has 6 heteroatoms. The molecule has 0 spiro atoms. The number of nitrogens with zero attached hydrogens (tertiary/aromatic N) is 4. The lowest BCUT2D eigenvalue weighted by Gasteiger charge is -2.17. The minimum atomic E-state index is -0.0409. The molecule has 4 rings (SSSR count). The highest BCUT2D eigenvalue weighted by atomic mass is 35.5. The van der Waals surface area contributed by atoms with Crippen molar-refractivity contribution >= 4 is 17.5 Å². The molecule has 5 nitrogen and oxygen atoms in total. The zero-order valence-electron chi connectivity index (χ0n) is 14.0. The van der Waals surface area contributed by atoms with E-state index >= 15 is 0 Å². The van der Waals surface area contributed by atoms with E-state index in [9.17, 15) is 4.79 Å². The molecule has 1 aliphatic rings. The first-order valence-electron chi connectivity index (χ1n) is 8.48. The van der Waals surface area contributed by atoms with Crippen LogP contribution in [0.2, 0.25) is 5.02 Å². The Hall–Kier alpha value is -2.79. The summed E-state index contributed by atoms with van der Waals surface area (Å²) < 4.78 is 0. The fourth-order valence-electron chi connectivity index (χ4n) is 3.28. The number of rotatable bonds is 3. The van der Waals surface area contributed by atoms with Gasteiger partial charge in [-0.05, 0) is 30.2 Å². The number of hydrogen-bond acceptors (Lipinski definition) is 4. The van der Waals surface area contributed by atoms with Crippen LogP contribution in [0.25, 0.3) is 11.4 Å². The number of pyridine rings is 1. The van der Waals surface area contributed by atoms with Crippen molar-refractivity contribution in [3.63, 3.8) is 0 Å². The van der Waals surface area contributed by atoms with Gasteiger partial charge in [-0.2, -0.15) is 0 Å². The Bertz CT molecular complexity index is 915. The number of carbonyl (C=O) groups is 1. The summed E-state index contributed by atoms with van der Waals surface area (Å²) in [6.07, 6.45) is 7.47. The molecular formula is C20H17ClN4O. The summed E-state index contributed by atoms with van der Waals surface area (Å²) in [7, 11) is 0. The Morgan fingerprint density at radius 3 is 2.54 bits per heavy atom. The molecule has 0 radical (unpaired) electrons. The third-order valence-corrected chi connectivity index (χ3v) is 5.00. The van der Waals surface area contributed by atoms with E-state index in [1.807, 2.05) is 41.3 Å². The van der Waals surface area contributed by atoms with E-state index in [0.717, 1.165) is 22.6 Å². The molecule has 1 aliphatic heterocycles. The molecule has 0 saturated carbocycles. The Morgan fingerprint density at radius 2 is 1.81 bits per heavy atom. The molecule has 1 amide bonds. The maximum absolute atomic E-state index is 12.8. The molecule has 0 unspecified atom stereocenters. The van der Waals surface area contributed by atoms with Gasteiger partial charge in [0.15, 0.2) is 5.82 Å². The Morgan fingerprint density at radius 1 is 1.08 bits per heavy atom. The van der Waals surface area contributed by atoms with E-state index in [1.54, 1.807) is 24.8 Å². The van der Waals surface area contributed by atoms with Crippen molar-refractivity contribution in [2.45, 2.75) is 12.3 Å². The molecule has 1 aromatic carbocycles. The van der Waals surface area contributed by atoms with Crippen molar-refractivity contribution in [3.05, 3.63) is 77.3 Å². The molecular weight excluding hydrogens is 348 g/mol. The summed E-state index contributed by atoms with van der Waals surface area (Å²) >= 11 is 6.30. The van der Waals surface area contributed by atoms with E-state index in [0.29, 0.717) is 24.5 Å². The molecule has 2 aromatic heterocycles. The Labute approximate surface area is 156 Å². The third kappa shape index (κ3) is 3.30. The van der Waals surface area contributed by atoms with Crippen LogP contribution in [0.4, 0.5) is 0 Å². The second-order valence-corrected chi connectivity index (χ2v) is 6.70. The van der Waals surface area contributed by atoms with Crippen LogP contribution in [-0.2, 0) is 0 Å². The monoisotopic (exact) mass is 364 g/mol. The minimum absolute atomic E-state index is 0.0409. The van der Waals surface area contributed by atoms with Crippen LogP contribution < -0.4 is 0 Å². The van der Waals surface area contributed by atoms with Crippen LogP contribution in [0.15, 0.2) is 61.2 Å². The van der Waals surface area contributed by atoms with Gasteiger partial charge in [0, 0.05) is 54.4 Å². The van der Waals surface area contributed by atoms with Gasteiger partial charge in [-0.15, -0.1) is 0 Å². The van der Waals surface area contributed by atoms with E-state index in [-0.39, 0.29) is 11.8 Å². The number of hydrogen-bond donors (Lipinski definition) is 0. The van der Waals surface area contributed by atoms with Gasteiger partial charge in [-0.3, -0.25) is 9.78 Å². The Kier molecular flexibility index (Phi) is 4.63. The lowest BCUT2D eigenvalue weighted by atomic mass is 9.98. The summed E-state index contributed by atoms with van der Waals surface area (Å²) in [5.41, 5.74) is 2.48. The molecule has 130 valence electrons. The zero-order valence-corrected chi connectivity index (χ0v) is 14.8. The summed E-state index contributed by atoms with van der Waals surface area (Å²) in [4.78, 5) is 27.2. The molecule has 3 aromatic rings. The standard InChI is InChI=1S/C20H17ClN4O/c21-18-4-2-1-3-17(18)15-7-10-25(13-15)20(26)16-11-23-19(24-12-16)14-5-8-22-9-6-14/h1-6,8-9,11-12,15H,7,10,13H2/t15-/m0/s1. The molecule has 0 bridgehead atoms. The number of amides is 1. The van der Waals surface area contributed by atoms with Crippen LogP contribution in [0.5, 0.6) is 0 Å². The maximum Gasteiger partial charge on any atom is 0.257 e. The molecule has 3 heterocycles. The second kappa shape index (κ2) is 7.22. The van der Waals surface area contributed by atoms with Gasteiger partial charge in [-0.25, -0.2) is 9.97 Å². The first-order valence-corrected chi connectivity index (χ1v) is 8.86. The van der Waals surface area contributed by atoms with Gasteiger partial charge in [0.2, 0.25) is 0 Å². The minimum Gasteiger partial charge on any atom is -0.338 e. The van der Waals surface area contributed by atoms with Crippen molar-refractivity contribution in [2.75, 3.05) is 13.1 Å². The topological polar surface area (TPSA) is 59.0 Å². The van der Waals surface area contributed by atoms with Crippen LogP contribution in [0.1, 0.15) is 28.3 Å². The van der Waals surface area contributed by atoms with Crippen LogP contribution in [0, 0.1) is 0 Å². The fraction of sp³-hybridized carbons (Fsp3) is 0.200. The number of carbonyl (C=O) groups excluding carboxylic acids is 1. The van der Waals surface area contributed by atoms with Gasteiger partial charge in [0.25, 0.3) is 5.91 Å². The summed E-state index contributed by atoms with van der Waals surface area (Å²) in [6, 6.07) is 11.5. The number of likely N-dealkylation sites (tertiary alicyclic amines) is 1. The smallest absolute Gasteiger partial charge is 0.257 e. The van der Waals surface area contributed by atoms with Crippen LogP contribution >= 0.6 is 11.6 Å². The van der Waals surface area contributed by atoms with Crippen LogP contribution in [-0.4, -0.2) is 38.8 Å². The van der Waals surface area contributed by atoms with E-state index in [1.165, 1.54) is 0 Å². The first kappa shape index (κ1) is 16.7. The molecule has 1 fully saturated rings. The number of benzene rings is 1. The van der Waals surface area contributed by atoms with Gasteiger partial charge in [0.1, 0.15) is 0 Å². The second-order valence-electron chi connectivity index (χ2n) is 6.29. The highest BCUT2D eigenvalue weighted by Gasteiger charge is 2.29. The van der Waals surface area contributed by atoms with Gasteiger partial charge < -0.3 is 4.90 Å². The first-order chi connectivity index (χ1) is 12.7. The van der Waals surface area contributed by atoms with Gasteiger partial charge in [-0.1, -0.05) is 29.8 Å². The number of halogens is 1. The molecule has 0 aliphatic carbocycles. The van der Waals surface area contributed by atoms with Crippen molar-refractivity contribution in [1.82, 2.24) is 19.9 Å². The highest BCUT2D eigenvalue weighted by molar-refractivity contribution is 6.31. The predicted molar refractivity (Wildman–Crippen MR) is 100.0 cm³/mol. The average molecular weight is 365 g/mol. The normalized spacial score (nSPS) is 16.7. The predicted octanol–water partition coefficient (Wildman–Crippen LogP) is 3.82. The molecule has 0 N–H and O–H groups in total. The summed E-state index contributed by atoms with van der Waals surface area (Å²) in [5.74, 6) is 0.810. The van der Waals surface area contributed by atoms with Crippen molar-refractivity contribution < 1.29 is 4.79 Å². The molecule has 1 atom stereocenters. The van der Waals surface area contributed by atoms with Gasteiger partial charge in [0.05, 0.1) is 5.56 Å². The average Bonchev–Trinajstić information content (AvgIpc) is 3.18. The third-order valence-electron chi connectivity index (χ3n) is 4.66. The fourth-order valence-corrected chi connectivity index (χ4v) is 3.57. The Balaban J connectivity index is 1.48. The van der Waals surface area contributed by atoms with Crippen molar-refractivity contribution in [2.24, 2.45) is 0 Å². The summed E-state index contributed by atoms with van der Waals surface area (Å²) in [6.45, 7) is 1.37. The van der Waals surface area contributed by atoms with Crippen LogP contribution in [0.3, 0.4) is 0 Å². The molecule has 1 saturated heterocycles. The lowest BCUT2D eigenvalue weighted by Crippen LogP contribution is -2.28. The van der Waals surface area contributed by atoms with Crippen molar-refractivity contribution in [1.29, 1.82) is 0 Å². The van der Waals surface area contributed by atoms with Gasteiger partial charge >= 0.3 is 0 Å². The quantitative estimate of drug-likeness (QED) is 0.708.